The molecule has 0 aliphatic heterocycles. The number of aromatic nitrogens is 2. The molecule has 1 aromatic heterocycles. The number of nitrogens with one attached hydrogen (secondary N) is 1. The summed E-state index contributed by atoms with van der Waals surface area (Å²) in [5.74, 6) is 0.988. The van der Waals surface area contributed by atoms with Crippen molar-refractivity contribution in [3.8, 4) is 0 Å². The molecule has 0 saturated carbocycles. The Morgan fingerprint density at radius 3 is 2.62 bits per heavy atom. The third kappa shape index (κ3) is 3.05. The number of rotatable bonds is 5. The molecule has 1 aromatic rings. The maximum atomic E-state index is 10.1. The van der Waals surface area contributed by atoms with Crippen LogP contribution in [0.5, 0.6) is 0 Å². The summed E-state index contributed by atoms with van der Waals surface area (Å²) in [5, 5.41) is 13.2. The average molecular weight is 289 g/mol. The number of hydrogen-bond donors (Lipinski definition) is 3. The van der Waals surface area contributed by atoms with E-state index in [4.69, 9.17) is 5.73 Å². The van der Waals surface area contributed by atoms with Gasteiger partial charge >= 0.3 is 0 Å². The lowest BCUT2D eigenvalue weighted by molar-refractivity contribution is 0.0456. The lowest BCUT2D eigenvalue weighted by Crippen LogP contribution is -2.35. The Labute approximate surface area is 104 Å². The molecule has 0 saturated heterocycles. The van der Waals surface area contributed by atoms with Crippen LogP contribution in [0.15, 0.2) is 10.8 Å². The number of nitrogen functional groups attached to an aromatic ring is 1. The zero-order chi connectivity index (χ0) is 12.2. The Balaban J connectivity index is 2.71. The lowest BCUT2D eigenvalue weighted by Gasteiger charge is -2.25. The van der Waals surface area contributed by atoms with Crippen LogP contribution in [0.3, 0.4) is 0 Å². The van der Waals surface area contributed by atoms with Crippen LogP contribution in [0.1, 0.15) is 26.7 Å². The standard InChI is InChI=1S/C10H17BrN4O/c1-3-10(16,4-2)5-13-9-7(11)8(12)14-6-15-9/h6,16H,3-5H2,1-2H3,(H3,12,13,14,15). The van der Waals surface area contributed by atoms with Gasteiger partial charge < -0.3 is 16.2 Å². The van der Waals surface area contributed by atoms with Crippen molar-refractivity contribution in [2.75, 3.05) is 17.6 Å². The van der Waals surface area contributed by atoms with Crippen LogP contribution in [-0.2, 0) is 0 Å². The van der Waals surface area contributed by atoms with Gasteiger partial charge in [0.1, 0.15) is 22.4 Å². The fourth-order valence-corrected chi connectivity index (χ4v) is 1.60. The van der Waals surface area contributed by atoms with Gasteiger partial charge in [-0.1, -0.05) is 13.8 Å². The predicted octanol–water partition coefficient (Wildman–Crippen LogP) is 1.78. The van der Waals surface area contributed by atoms with Crippen LogP contribution in [-0.4, -0.2) is 27.2 Å². The highest BCUT2D eigenvalue weighted by molar-refractivity contribution is 9.10. The topological polar surface area (TPSA) is 84.1 Å². The van der Waals surface area contributed by atoms with Crippen molar-refractivity contribution < 1.29 is 5.11 Å². The van der Waals surface area contributed by atoms with E-state index in [0.29, 0.717) is 35.5 Å². The van der Waals surface area contributed by atoms with Crippen molar-refractivity contribution in [2.24, 2.45) is 0 Å². The van der Waals surface area contributed by atoms with Crippen LogP contribution in [0.2, 0.25) is 0 Å². The van der Waals surface area contributed by atoms with Crippen LogP contribution in [0.25, 0.3) is 0 Å². The van der Waals surface area contributed by atoms with Gasteiger partial charge in [0.25, 0.3) is 0 Å². The van der Waals surface area contributed by atoms with Crippen LogP contribution in [0, 0.1) is 0 Å². The number of anilines is 2. The Morgan fingerprint density at radius 2 is 2.06 bits per heavy atom. The smallest absolute Gasteiger partial charge is 0.146 e. The largest absolute Gasteiger partial charge is 0.388 e. The quantitative estimate of drug-likeness (QED) is 0.769. The molecule has 0 aliphatic carbocycles. The molecule has 0 bridgehead atoms. The highest BCUT2D eigenvalue weighted by Gasteiger charge is 2.22. The van der Waals surface area contributed by atoms with Gasteiger partial charge in [-0.3, -0.25) is 0 Å². The van der Waals surface area contributed by atoms with Gasteiger partial charge in [-0.25, -0.2) is 9.97 Å². The second kappa shape index (κ2) is 5.45. The molecule has 1 rings (SSSR count). The first-order valence-electron chi connectivity index (χ1n) is 5.24. The summed E-state index contributed by atoms with van der Waals surface area (Å²) in [6.07, 6.45) is 2.77. The molecular weight excluding hydrogens is 272 g/mol. The maximum Gasteiger partial charge on any atom is 0.146 e. The Bertz CT molecular complexity index is 355. The second-order valence-corrected chi connectivity index (χ2v) is 4.50. The second-order valence-electron chi connectivity index (χ2n) is 3.71. The van der Waals surface area contributed by atoms with Gasteiger partial charge in [0.2, 0.25) is 0 Å². The van der Waals surface area contributed by atoms with Crippen LogP contribution >= 0.6 is 15.9 Å². The van der Waals surface area contributed by atoms with Crippen molar-refractivity contribution in [3.63, 3.8) is 0 Å². The molecule has 0 atom stereocenters. The number of hydrogen-bond acceptors (Lipinski definition) is 5. The minimum atomic E-state index is -0.709. The summed E-state index contributed by atoms with van der Waals surface area (Å²) in [6.45, 7) is 4.35. The highest BCUT2D eigenvalue weighted by Crippen LogP contribution is 2.25. The molecule has 16 heavy (non-hydrogen) atoms. The number of nitrogens with two attached hydrogens (primary N) is 1. The van der Waals surface area contributed by atoms with Gasteiger partial charge in [-0.15, -0.1) is 0 Å². The molecule has 0 fully saturated rings. The van der Waals surface area contributed by atoms with E-state index in [1.54, 1.807) is 0 Å². The third-order valence-electron chi connectivity index (χ3n) is 2.72. The van der Waals surface area contributed by atoms with E-state index in [9.17, 15) is 5.11 Å². The summed E-state index contributed by atoms with van der Waals surface area (Å²) in [7, 11) is 0. The van der Waals surface area contributed by atoms with Gasteiger partial charge in [-0.05, 0) is 28.8 Å². The lowest BCUT2D eigenvalue weighted by atomic mass is 9.98. The van der Waals surface area contributed by atoms with E-state index in [2.05, 4.69) is 31.2 Å². The molecule has 0 aliphatic rings. The molecule has 90 valence electrons. The molecule has 0 unspecified atom stereocenters. The SMILES string of the molecule is CCC(O)(CC)CNc1ncnc(N)c1Br. The average Bonchev–Trinajstić information content (AvgIpc) is 2.31. The van der Waals surface area contributed by atoms with Crippen molar-refractivity contribution >= 4 is 27.6 Å². The van der Waals surface area contributed by atoms with E-state index in [-0.39, 0.29) is 0 Å². The van der Waals surface area contributed by atoms with E-state index >= 15 is 0 Å². The zero-order valence-corrected chi connectivity index (χ0v) is 11.1. The molecule has 5 nitrogen and oxygen atoms in total. The first-order valence-corrected chi connectivity index (χ1v) is 6.04. The first kappa shape index (κ1) is 13.2. The summed E-state index contributed by atoms with van der Waals surface area (Å²) in [5.41, 5.74) is 4.92. The van der Waals surface area contributed by atoms with Crippen molar-refractivity contribution in [1.82, 2.24) is 9.97 Å². The van der Waals surface area contributed by atoms with Gasteiger partial charge in [0, 0.05) is 6.54 Å². The third-order valence-corrected chi connectivity index (χ3v) is 3.50. The molecule has 0 radical (unpaired) electrons. The molecular formula is C10H17BrN4O. The minimum Gasteiger partial charge on any atom is -0.388 e. The Morgan fingerprint density at radius 1 is 1.44 bits per heavy atom. The molecule has 0 amide bonds. The Hall–Kier alpha value is -0.880. The van der Waals surface area contributed by atoms with E-state index in [1.807, 2.05) is 13.8 Å². The fourth-order valence-electron chi connectivity index (χ4n) is 1.25. The number of nitrogens with zero attached hydrogens (tertiary/aromatic N) is 2. The van der Waals surface area contributed by atoms with Gasteiger partial charge in [0.15, 0.2) is 0 Å². The van der Waals surface area contributed by atoms with Crippen molar-refractivity contribution in [1.29, 1.82) is 0 Å². The van der Waals surface area contributed by atoms with Crippen molar-refractivity contribution in [3.05, 3.63) is 10.8 Å². The molecule has 4 N–H and O–H groups in total. The molecule has 0 aromatic carbocycles. The monoisotopic (exact) mass is 288 g/mol. The summed E-state index contributed by atoms with van der Waals surface area (Å²) >= 11 is 3.30. The van der Waals surface area contributed by atoms with E-state index in [0.717, 1.165) is 0 Å². The fraction of sp³-hybridized carbons (Fsp3) is 0.600. The van der Waals surface area contributed by atoms with Crippen LogP contribution in [0.4, 0.5) is 11.6 Å². The van der Waals surface area contributed by atoms with Crippen LogP contribution < -0.4 is 11.1 Å². The molecule has 6 heteroatoms. The molecule has 0 spiro atoms. The summed E-state index contributed by atoms with van der Waals surface area (Å²) in [6, 6.07) is 0. The predicted molar refractivity (Wildman–Crippen MR) is 68.2 cm³/mol. The molecule has 1 heterocycles. The van der Waals surface area contributed by atoms with Gasteiger partial charge in [0.05, 0.1) is 5.60 Å². The first-order chi connectivity index (χ1) is 7.52. The highest BCUT2D eigenvalue weighted by atomic mass is 79.9. The van der Waals surface area contributed by atoms with E-state index in [1.165, 1.54) is 6.33 Å². The zero-order valence-electron chi connectivity index (χ0n) is 9.50. The maximum absolute atomic E-state index is 10.1. The van der Waals surface area contributed by atoms with E-state index < -0.39 is 5.60 Å². The minimum absolute atomic E-state index is 0.383. The normalized spacial score (nSPS) is 11.5. The summed E-state index contributed by atoms with van der Waals surface area (Å²) in [4.78, 5) is 7.89. The van der Waals surface area contributed by atoms with Crippen molar-refractivity contribution in [2.45, 2.75) is 32.3 Å². The van der Waals surface area contributed by atoms with Gasteiger partial charge in [-0.2, -0.15) is 0 Å². The number of halogens is 1. The summed E-state index contributed by atoms with van der Waals surface area (Å²) < 4.78 is 0.629. The Kier molecular flexibility index (Phi) is 4.49. The number of aliphatic hydroxyl groups is 1.